The van der Waals surface area contributed by atoms with Crippen LogP contribution in [0, 0.1) is 0 Å². The van der Waals surface area contributed by atoms with Crippen LogP contribution >= 0.6 is 0 Å². The fourth-order valence-electron chi connectivity index (χ4n) is 2.21. The Bertz CT molecular complexity index is 311. The molecule has 1 aromatic carbocycles. The average Bonchev–Trinajstić information content (AvgIpc) is 2.23. The van der Waals surface area contributed by atoms with Crippen molar-refractivity contribution in [2.45, 2.75) is 25.8 Å². The Kier molecular flexibility index (Phi) is 2.73. The van der Waals surface area contributed by atoms with Gasteiger partial charge in [0.15, 0.2) is 0 Å². The first-order valence-electron chi connectivity index (χ1n) is 5.28. The number of benzene rings is 1. The van der Waals surface area contributed by atoms with Crippen LogP contribution in [-0.2, 0) is 6.42 Å². The first-order chi connectivity index (χ1) is 6.83. The third kappa shape index (κ3) is 1.62. The van der Waals surface area contributed by atoms with Crippen molar-refractivity contribution in [2.24, 2.45) is 0 Å². The SMILES string of the molecule is CC1CCc2ccccc2N1CCO. The highest BCUT2D eigenvalue weighted by Crippen LogP contribution is 2.29. The molecule has 0 radical (unpaired) electrons. The largest absolute Gasteiger partial charge is 0.395 e. The van der Waals surface area contributed by atoms with E-state index in [0.29, 0.717) is 6.04 Å². The van der Waals surface area contributed by atoms with Crippen molar-refractivity contribution < 1.29 is 5.11 Å². The van der Waals surface area contributed by atoms with Gasteiger partial charge >= 0.3 is 0 Å². The van der Waals surface area contributed by atoms with Gasteiger partial charge in [0, 0.05) is 18.3 Å². The molecule has 2 heteroatoms. The van der Waals surface area contributed by atoms with E-state index < -0.39 is 0 Å². The fourth-order valence-corrected chi connectivity index (χ4v) is 2.21. The van der Waals surface area contributed by atoms with Crippen molar-refractivity contribution in [1.82, 2.24) is 0 Å². The molecule has 1 aromatic rings. The second-order valence-electron chi connectivity index (χ2n) is 3.93. The minimum Gasteiger partial charge on any atom is -0.395 e. The van der Waals surface area contributed by atoms with Crippen LogP contribution in [-0.4, -0.2) is 24.3 Å². The van der Waals surface area contributed by atoms with Gasteiger partial charge in [0.2, 0.25) is 0 Å². The molecule has 0 bridgehead atoms. The molecule has 0 spiro atoms. The first-order valence-corrected chi connectivity index (χ1v) is 5.28. The normalized spacial score (nSPS) is 20.7. The summed E-state index contributed by atoms with van der Waals surface area (Å²) in [6.45, 7) is 3.21. The van der Waals surface area contributed by atoms with Crippen LogP contribution in [0.2, 0.25) is 0 Å². The second kappa shape index (κ2) is 4.01. The first kappa shape index (κ1) is 9.53. The lowest BCUT2D eigenvalue weighted by molar-refractivity contribution is 0.296. The minimum absolute atomic E-state index is 0.235. The lowest BCUT2D eigenvalue weighted by Gasteiger charge is -2.36. The molecule has 76 valence electrons. The summed E-state index contributed by atoms with van der Waals surface area (Å²) < 4.78 is 0. The summed E-state index contributed by atoms with van der Waals surface area (Å²) in [7, 11) is 0. The van der Waals surface area contributed by atoms with Gasteiger partial charge < -0.3 is 10.0 Å². The number of aliphatic hydroxyl groups is 1. The van der Waals surface area contributed by atoms with Crippen molar-refractivity contribution in [2.75, 3.05) is 18.1 Å². The molecule has 1 atom stereocenters. The summed E-state index contributed by atoms with van der Waals surface area (Å²) in [6.07, 6.45) is 2.36. The average molecular weight is 191 g/mol. The van der Waals surface area contributed by atoms with Gasteiger partial charge in [0.25, 0.3) is 0 Å². The molecule has 1 unspecified atom stereocenters. The number of nitrogens with zero attached hydrogens (tertiary/aromatic N) is 1. The molecule has 14 heavy (non-hydrogen) atoms. The van der Waals surface area contributed by atoms with E-state index in [1.807, 2.05) is 0 Å². The van der Waals surface area contributed by atoms with Gasteiger partial charge in [-0.05, 0) is 31.4 Å². The third-order valence-corrected chi connectivity index (χ3v) is 3.01. The molecule has 1 aliphatic rings. The van der Waals surface area contributed by atoms with Crippen LogP contribution in [0.25, 0.3) is 0 Å². The monoisotopic (exact) mass is 191 g/mol. The lowest BCUT2D eigenvalue weighted by Crippen LogP contribution is -2.39. The fraction of sp³-hybridized carbons (Fsp3) is 0.500. The van der Waals surface area contributed by atoms with Crippen molar-refractivity contribution in [3.63, 3.8) is 0 Å². The topological polar surface area (TPSA) is 23.5 Å². The predicted octanol–water partition coefficient (Wildman–Crippen LogP) is 1.82. The zero-order valence-electron chi connectivity index (χ0n) is 8.61. The van der Waals surface area contributed by atoms with Crippen LogP contribution in [0.3, 0.4) is 0 Å². The van der Waals surface area contributed by atoms with Gasteiger partial charge in [-0.1, -0.05) is 18.2 Å². The smallest absolute Gasteiger partial charge is 0.0606 e. The lowest BCUT2D eigenvalue weighted by atomic mass is 9.97. The summed E-state index contributed by atoms with van der Waals surface area (Å²) >= 11 is 0. The zero-order valence-corrected chi connectivity index (χ0v) is 8.61. The zero-order chi connectivity index (χ0) is 9.97. The molecule has 0 aliphatic carbocycles. The Labute approximate surface area is 85.2 Å². The molecular weight excluding hydrogens is 174 g/mol. The predicted molar refractivity (Wildman–Crippen MR) is 58.7 cm³/mol. The highest BCUT2D eigenvalue weighted by Gasteiger charge is 2.21. The number of aryl methyl sites for hydroxylation is 1. The molecule has 0 aromatic heterocycles. The molecule has 0 amide bonds. The van der Waals surface area contributed by atoms with E-state index in [-0.39, 0.29) is 6.61 Å². The van der Waals surface area contributed by atoms with Crippen LogP contribution in [0.4, 0.5) is 5.69 Å². The number of fused-ring (bicyclic) bond motifs is 1. The number of para-hydroxylation sites is 1. The Morgan fingerprint density at radius 3 is 3.00 bits per heavy atom. The highest BCUT2D eigenvalue weighted by atomic mass is 16.3. The molecule has 0 saturated carbocycles. The molecule has 1 N–H and O–H groups in total. The number of anilines is 1. The van der Waals surface area contributed by atoms with E-state index in [1.54, 1.807) is 0 Å². The molecular formula is C12H17NO. The van der Waals surface area contributed by atoms with Crippen LogP contribution in [0.5, 0.6) is 0 Å². The van der Waals surface area contributed by atoms with E-state index in [1.165, 1.54) is 24.1 Å². The quantitative estimate of drug-likeness (QED) is 0.770. The summed E-state index contributed by atoms with van der Waals surface area (Å²) in [5, 5.41) is 9.02. The summed E-state index contributed by atoms with van der Waals surface area (Å²) in [6, 6.07) is 9.05. The Morgan fingerprint density at radius 2 is 2.21 bits per heavy atom. The molecule has 1 aliphatic heterocycles. The van der Waals surface area contributed by atoms with E-state index in [4.69, 9.17) is 5.11 Å². The molecule has 2 nitrogen and oxygen atoms in total. The number of hydrogen-bond acceptors (Lipinski definition) is 2. The van der Waals surface area contributed by atoms with Crippen molar-refractivity contribution in [1.29, 1.82) is 0 Å². The maximum Gasteiger partial charge on any atom is 0.0606 e. The van der Waals surface area contributed by atoms with Crippen LogP contribution in [0.15, 0.2) is 24.3 Å². The summed E-state index contributed by atoms with van der Waals surface area (Å²) in [5.74, 6) is 0. The number of aliphatic hydroxyl groups excluding tert-OH is 1. The van der Waals surface area contributed by atoms with Gasteiger partial charge in [-0.15, -0.1) is 0 Å². The third-order valence-electron chi connectivity index (χ3n) is 3.01. The minimum atomic E-state index is 0.235. The van der Waals surface area contributed by atoms with E-state index >= 15 is 0 Å². The van der Waals surface area contributed by atoms with Gasteiger partial charge in [-0.25, -0.2) is 0 Å². The number of hydrogen-bond donors (Lipinski definition) is 1. The summed E-state index contributed by atoms with van der Waals surface area (Å²) in [5.41, 5.74) is 2.72. The van der Waals surface area contributed by atoms with E-state index in [9.17, 15) is 0 Å². The maximum absolute atomic E-state index is 9.02. The molecule has 0 fully saturated rings. The van der Waals surface area contributed by atoms with Crippen molar-refractivity contribution in [3.05, 3.63) is 29.8 Å². The molecule has 2 rings (SSSR count). The highest BCUT2D eigenvalue weighted by molar-refractivity contribution is 5.56. The Hall–Kier alpha value is -1.02. The maximum atomic E-state index is 9.02. The van der Waals surface area contributed by atoms with Gasteiger partial charge in [-0.2, -0.15) is 0 Å². The Morgan fingerprint density at radius 1 is 1.43 bits per heavy atom. The number of β-amino-alcohol motifs (C(OH)–C–C–N with tert-alkyl or cyclic N) is 1. The standard InChI is InChI=1S/C12H17NO/c1-10-6-7-11-4-2-3-5-12(11)13(10)8-9-14/h2-5,10,14H,6-9H2,1H3. The second-order valence-corrected chi connectivity index (χ2v) is 3.93. The van der Waals surface area contributed by atoms with Gasteiger partial charge in [-0.3, -0.25) is 0 Å². The Balaban J connectivity index is 2.31. The van der Waals surface area contributed by atoms with Crippen molar-refractivity contribution in [3.8, 4) is 0 Å². The van der Waals surface area contributed by atoms with Crippen LogP contribution in [0.1, 0.15) is 18.9 Å². The molecule has 1 heterocycles. The van der Waals surface area contributed by atoms with E-state index in [0.717, 1.165) is 6.54 Å². The van der Waals surface area contributed by atoms with Gasteiger partial charge in [0.1, 0.15) is 0 Å². The van der Waals surface area contributed by atoms with E-state index in [2.05, 4.69) is 36.1 Å². The van der Waals surface area contributed by atoms with Crippen molar-refractivity contribution >= 4 is 5.69 Å². The van der Waals surface area contributed by atoms with Gasteiger partial charge in [0.05, 0.1) is 6.61 Å². The van der Waals surface area contributed by atoms with Crippen LogP contribution < -0.4 is 4.90 Å². The molecule has 0 saturated heterocycles. The number of rotatable bonds is 2. The summed E-state index contributed by atoms with van der Waals surface area (Å²) in [4.78, 5) is 2.30.